The van der Waals surface area contributed by atoms with E-state index in [-0.39, 0.29) is 5.84 Å². The maximum atomic E-state index is 9.04. The van der Waals surface area contributed by atoms with E-state index in [4.69, 9.17) is 10.9 Å². The van der Waals surface area contributed by atoms with Crippen molar-refractivity contribution in [1.82, 2.24) is 4.98 Å². The molecule has 1 aromatic rings. The van der Waals surface area contributed by atoms with Crippen molar-refractivity contribution >= 4 is 23.3 Å². The van der Waals surface area contributed by atoms with Gasteiger partial charge in [-0.1, -0.05) is 12.1 Å². The standard InChI is InChI=1S/C14H22N4OS/c1-8-7-12(13(9(2)16-8)14(15)17-19)18-5-6-20-11(4)10(18)3/h7,10-11,19H,5-6H2,1-4H3,(H2,15,17). The number of aryl methyl sites for hydroxylation is 2. The molecule has 2 atom stereocenters. The molecular formula is C14H22N4OS. The molecule has 0 aliphatic carbocycles. The number of anilines is 1. The van der Waals surface area contributed by atoms with Gasteiger partial charge in [0.2, 0.25) is 0 Å². The first-order valence-corrected chi connectivity index (χ1v) is 7.85. The molecule has 0 aromatic carbocycles. The maximum absolute atomic E-state index is 9.04. The molecule has 1 aliphatic rings. The molecule has 2 heterocycles. The molecule has 0 saturated carbocycles. The first-order valence-electron chi connectivity index (χ1n) is 6.80. The lowest BCUT2D eigenvalue weighted by Crippen LogP contribution is -2.45. The summed E-state index contributed by atoms with van der Waals surface area (Å²) in [5.74, 6) is 1.21. The molecule has 1 saturated heterocycles. The quantitative estimate of drug-likeness (QED) is 0.378. The Balaban J connectivity index is 2.54. The molecule has 0 spiro atoms. The van der Waals surface area contributed by atoms with Crippen LogP contribution >= 0.6 is 11.8 Å². The van der Waals surface area contributed by atoms with E-state index in [1.807, 2.05) is 31.7 Å². The van der Waals surface area contributed by atoms with Crippen molar-refractivity contribution in [3.63, 3.8) is 0 Å². The molecule has 1 fully saturated rings. The number of aromatic nitrogens is 1. The Morgan fingerprint density at radius 1 is 1.50 bits per heavy atom. The van der Waals surface area contributed by atoms with Gasteiger partial charge in [0.15, 0.2) is 5.84 Å². The molecule has 0 amide bonds. The SMILES string of the molecule is Cc1cc(N2CCSC(C)C2C)c(/C(N)=N/O)c(C)n1. The zero-order valence-electron chi connectivity index (χ0n) is 12.4. The van der Waals surface area contributed by atoms with E-state index < -0.39 is 0 Å². The van der Waals surface area contributed by atoms with Crippen LogP contribution in [0.2, 0.25) is 0 Å². The maximum Gasteiger partial charge on any atom is 0.174 e. The molecule has 110 valence electrons. The molecule has 0 bridgehead atoms. The van der Waals surface area contributed by atoms with Crippen molar-refractivity contribution in [2.24, 2.45) is 10.9 Å². The molecule has 20 heavy (non-hydrogen) atoms. The van der Waals surface area contributed by atoms with Gasteiger partial charge < -0.3 is 15.8 Å². The normalized spacial score (nSPS) is 24.0. The number of amidine groups is 1. The van der Waals surface area contributed by atoms with E-state index in [0.717, 1.165) is 34.9 Å². The van der Waals surface area contributed by atoms with Crippen LogP contribution in [-0.4, -0.2) is 39.6 Å². The van der Waals surface area contributed by atoms with Crippen LogP contribution in [0.3, 0.4) is 0 Å². The van der Waals surface area contributed by atoms with Crippen molar-refractivity contribution in [2.45, 2.75) is 39.0 Å². The van der Waals surface area contributed by atoms with Gasteiger partial charge in [-0.2, -0.15) is 11.8 Å². The summed E-state index contributed by atoms with van der Waals surface area (Å²) in [6.07, 6.45) is 0. The molecule has 0 radical (unpaired) electrons. The Bertz CT molecular complexity index is 532. The van der Waals surface area contributed by atoms with Crippen LogP contribution in [0.1, 0.15) is 30.8 Å². The summed E-state index contributed by atoms with van der Waals surface area (Å²) in [5.41, 5.74) is 9.37. The minimum Gasteiger partial charge on any atom is -0.409 e. The molecule has 3 N–H and O–H groups in total. The first kappa shape index (κ1) is 15.0. The number of pyridine rings is 1. The van der Waals surface area contributed by atoms with E-state index >= 15 is 0 Å². The van der Waals surface area contributed by atoms with E-state index in [0.29, 0.717) is 11.3 Å². The third-order valence-corrected chi connectivity index (χ3v) is 5.20. The zero-order valence-corrected chi connectivity index (χ0v) is 13.2. The fraction of sp³-hybridized carbons (Fsp3) is 0.571. The Kier molecular flexibility index (Phi) is 4.42. The van der Waals surface area contributed by atoms with Crippen LogP contribution in [0.25, 0.3) is 0 Å². The van der Waals surface area contributed by atoms with Gasteiger partial charge in [0.1, 0.15) is 0 Å². The number of nitrogens with two attached hydrogens (primary N) is 1. The Labute approximate surface area is 124 Å². The van der Waals surface area contributed by atoms with E-state index in [2.05, 4.69) is 28.9 Å². The molecule has 5 nitrogen and oxygen atoms in total. The topological polar surface area (TPSA) is 74.7 Å². The number of hydrogen-bond acceptors (Lipinski definition) is 5. The lowest BCUT2D eigenvalue weighted by atomic mass is 10.1. The van der Waals surface area contributed by atoms with Gasteiger partial charge in [0.25, 0.3) is 0 Å². The van der Waals surface area contributed by atoms with Crippen LogP contribution in [0.5, 0.6) is 0 Å². The molecule has 1 aliphatic heterocycles. The largest absolute Gasteiger partial charge is 0.409 e. The van der Waals surface area contributed by atoms with Crippen LogP contribution in [0.4, 0.5) is 5.69 Å². The Morgan fingerprint density at radius 2 is 2.20 bits per heavy atom. The van der Waals surface area contributed by atoms with Crippen LogP contribution in [-0.2, 0) is 0 Å². The van der Waals surface area contributed by atoms with Gasteiger partial charge >= 0.3 is 0 Å². The van der Waals surface area contributed by atoms with Crippen molar-refractivity contribution in [3.8, 4) is 0 Å². The predicted molar refractivity (Wildman–Crippen MR) is 84.9 cm³/mol. The van der Waals surface area contributed by atoms with E-state index in [9.17, 15) is 0 Å². The minimum atomic E-state index is 0.128. The second kappa shape index (κ2) is 5.91. The summed E-state index contributed by atoms with van der Waals surface area (Å²) in [6, 6.07) is 2.43. The van der Waals surface area contributed by atoms with Crippen LogP contribution in [0.15, 0.2) is 11.2 Å². The second-order valence-corrected chi connectivity index (χ2v) is 6.72. The lowest BCUT2D eigenvalue weighted by Gasteiger charge is -2.40. The first-order chi connectivity index (χ1) is 9.45. The highest BCUT2D eigenvalue weighted by Gasteiger charge is 2.28. The number of rotatable bonds is 2. The smallest absolute Gasteiger partial charge is 0.174 e. The van der Waals surface area contributed by atoms with Gasteiger partial charge in [0, 0.05) is 29.3 Å². The Hall–Kier alpha value is -1.43. The average molecular weight is 294 g/mol. The van der Waals surface area contributed by atoms with Crippen molar-refractivity contribution < 1.29 is 5.21 Å². The van der Waals surface area contributed by atoms with E-state index in [1.165, 1.54) is 0 Å². The predicted octanol–water partition coefficient (Wildman–Crippen LogP) is 2.12. The molecule has 6 heteroatoms. The van der Waals surface area contributed by atoms with Crippen LogP contribution in [0, 0.1) is 13.8 Å². The fourth-order valence-corrected chi connectivity index (χ4v) is 3.77. The molecular weight excluding hydrogens is 272 g/mol. The van der Waals surface area contributed by atoms with Crippen LogP contribution < -0.4 is 10.6 Å². The Morgan fingerprint density at radius 3 is 2.85 bits per heavy atom. The van der Waals surface area contributed by atoms with Gasteiger partial charge in [-0.25, -0.2) is 0 Å². The molecule has 2 rings (SSSR count). The van der Waals surface area contributed by atoms with Crippen molar-refractivity contribution in [1.29, 1.82) is 0 Å². The fourth-order valence-electron chi connectivity index (χ4n) is 2.67. The second-order valence-electron chi connectivity index (χ2n) is 5.24. The number of hydrogen-bond donors (Lipinski definition) is 2. The summed E-state index contributed by atoms with van der Waals surface area (Å²) >= 11 is 1.98. The summed E-state index contributed by atoms with van der Waals surface area (Å²) in [6.45, 7) is 9.30. The average Bonchev–Trinajstić information content (AvgIpc) is 2.40. The summed E-state index contributed by atoms with van der Waals surface area (Å²) < 4.78 is 0. The summed E-state index contributed by atoms with van der Waals surface area (Å²) in [7, 11) is 0. The summed E-state index contributed by atoms with van der Waals surface area (Å²) in [5, 5.41) is 12.8. The monoisotopic (exact) mass is 294 g/mol. The van der Waals surface area contributed by atoms with Crippen molar-refractivity contribution in [3.05, 3.63) is 23.0 Å². The number of thioether (sulfide) groups is 1. The number of nitrogens with zero attached hydrogens (tertiary/aromatic N) is 3. The summed E-state index contributed by atoms with van der Waals surface area (Å²) in [4.78, 5) is 6.78. The van der Waals surface area contributed by atoms with Gasteiger partial charge in [-0.05, 0) is 26.8 Å². The molecule has 1 aromatic heterocycles. The molecule has 2 unspecified atom stereocenters. The highest BCUT2D eigenvalue weighted by Crippen LogP contribution is 2.32. The zero-order chi connectivity index (χ0) is 14.9. The minimum absolute atomic E-state index is 0.128. The van der Waals surface area contributed by atoms with Gasteiger partial charge in [-0.15, -0.1) is 0 Å². The third kappa shape index (κ3) is 2.70. The van der Waals surface area contributed by atoms with Gasteiger partial charge in [-0.3, -0.25) is 4.98 Å². The highest BCUT2D eigenvalue weighted by atomic mass is 32.2. The highest BCUT2D eigenvalue weighted by molar-refractivity contribution is 8.00. The van der Waals surface area contributed by atoms with E-state index in [1.54, 1.807) is 0 Å². The van der Waals surface area contributed by atoms with Crippen molar-refractivity contribution in [2.75, 3.05) is 17.2 Å². The van der Waals surface area contributed by atoms with Gasteiger partial charge in [0.05, 0.1) is 16.9 Å². The third-order valence-electron chi connectivity index (χ3n) is 3.86. The number of oxime groups is 1. The lowest BCUT2D eigenvalue weighted by molar-refractivity contribution is 0.318.